The first-order valence-corrected chi connectivity index (χ1v) is 10.1. The molecule has 0 aliphatic heterocycles. The summed E-state index contributed by atoms with van der Waals surface area (Å²) in [6.07, 6.45) is -1.14. The molecule has 0 aliphatic carbocycles. The number of carbonyl (C=O) groups is 2. The summed E-state index contributed by atoms with van der Waals surface area (Å²) in [5.74, 6) is -1.30. The molecule has 1 N–H and O–H groups in total. The lowest BCUT2D eigenvalue weighted by atomic mass is 10.1. The summed E-state index contributed by atoms with van der Waals surface area (Å²) in [6.45, 7) is 1.20. The number of hydrogen-bond acceptors (Lipinski definition) is 6. The number of pyridine rings is 1. The number of anilines is 1. The predicted molar refractivity (Wildman–Crippen MR) is 123 cm³/mol. The van der Waals surface area contributed by atoms with Crippen molar-refractivity contribution in [3.05, 3.63) is 93.1 Å². The first kappa shape index (κ1) is 21.7. The number of nitro benzene ring substituents is 1. The number of nitrogens with one attached hydrogen (secondary N) is 1. The van der Waals surface area contributed by atoms with Crippen molar-refractivity contribution >= 4 is 45.1 Å². The second-order valence-corrected chi connectivity index (χ2v) is 7.38. The molecule has 166 valence electrons. The van der Waals surface area contributed by atoms with Gasteiger partial charge in [0.15, 0.2) is 11.5 Å². The van der Waals surface area contributed by atoms with Gasteiger partial charge >= 0.3 is 5.97 Å². The molecule has 33 heavy (non-hydrogen) atoms. The molecule has 0 bridgehead atoms. The number of fused-ring (bicyclic) bond motifs is 2. The monoisotopic (exact) mass is 445 g/mol. The maximum Gasteiger partial charge on any atom is 0.326 e. The molecule has 0 spiro atoms. The molecule has 1 heterocycles. The highest BCUT2D eigenvalue weighted by atomic mass is 16.6. The van der Waals surface area contributed by atoms with Gasteiger partial charge in [-0.3, -0.25) is 24.5 Å². The van der Waals surface area contributed by atoms with Crippen molar-refractivity contribution in [2.24, 2.45) is 0 Å². The van der Waals surface area contributed by atoms with E-state index in [1.807, 2.05) is 0 Å². The number of benzene rings is 3. The number of carbonyl (C=O) groups excluding carboxylic acids is 2. The SMILES string of the molecule is CC(OC(=O)Cn1c2ccccc2c(=O)c2ccccc21)C(=O)Nc1cccc([N+](=O)[O-])c1. The molecule has 3 aromatic carbocycles. The minimum atomic E-state index is -1.14. The van der Waals surface area contributed by atoms with E-state index < -0.39 is 22.9 Å². The van der Waals surface area contributed by atoms with Gasteiger partial charge in [-0.2, -0.15) is 0 Å². The number of hydrogen-bond donors (Lipinski definition) is 1. The first-order chi connectivity index (χ1) is 15.8. The summed E-state index contributed by atoms with van der Waals surface area (Å²) >= 11 is 0. The molecule has 1 aromatic heterocycles. The van der Waals surface area contributed by atoms with Crippen LogP contribution in [-0.2, 0) is 20.9 Å². The van der Waals surface area contributed by atoms with Gasteiger partial charge in [0.2, 0.25) is 0 Å². The second-order valence-electron chi connectivity index (χ2n) is 7.38. The zero-order chi connectivity index (χ0) is 23.5. The number of rotatable bonds is 6. The Hall–Kier alpha value is -4.53. The zero-order valence-corrected chi connectivity index (χ0v) is 17.6. The second kappa shape index (κ2) is 8.91. The molecule has 0 saturated carbocycles. The number of nitrogens with zero attached hydrogens (tertiary/aromatic N) is 2. The largest absolute Gasteiger partial charge is 0.451 e. The van der Waals surface area contributed by atoms with Gasteiger partial charge in [-0.25, -0.2) is 0 Å². The van der Waals surface area contributed by atoms with Gasteiger partial charge in [0.1, 0.15) is 6.54 Å². The van der Waals surface area contributed by atoms with Crippen molar-refractivity contribution in [1.82, 2.24) is 4.57 Å². The predicted octanol–water partition coefficient (Wildman–Crippen LogP) is 3.63. The normalized spacial score (nSPS) is 11.8. The Kier molecular flexibility index (Phi) is 5.86. The quantitative estimate of drug-likeness (QED) is 0.209. The lowest BCUT2D eigenvalue weighted by Crippen LogP contribution is -2.31. The van der Waals surface area contributed by atoms with Gasteiger partial charge in [-0.05, 0) is 37.3 Å². The number of aromatic nitrogens is 1. The van der Waals surface area contributed by atoms with Crippen molar-refractivity contribution in [1.29, 1.82) is 0 Å². The third kappa shape index (κ3) is 4.42. The summed E-state index contributed by atoms with van der Waals surface area (Å²) in [4.78, 5) is 48.3. The van der Waals surface area contributed by atoms with Gasteiger partial charge in [0.05, 0.1) is 16.0 Å². The molecule has 9 nitrogen and oxygen atoms in total. The lowest BCUT2D eigenvalue weighted by Gasteiger charge is -2.17. The molecule has 0 radical (unpaired) electrons. The molecule has 0 aliphatic rings. The smallest absolute Gasteiger partial charge is 0.326 e. The molecule has 1 unspecified atom stereocenters. The Morgan fingerprint density at radius 2 is 1.61 bits per heavy atom. The van der Waals surface area contributed by atoms with E-state index in [1.165, 1.54) is 31.2 Å². The Morgan fingerprint density at radius 3 is 2.21 bits per heavy atom. The molecule has 0 saturated heterocycles. The van der Waals surface area contributed by atoms with Crippen LogP contribution in [0.25, 0.3) is 21.8 Å². The number of non-ortho nitro benzene ring substituents is 1. The van der Waals surface area contributed by atoms with E-state index in [4.69, 9.17) is 4.74 Å². The third-order valence-corrected chi connectivity index (χ3v) is 5.17. The molecule has 9 heteroatoms. The highest BCUT2D eigenvalue weighted by molar-refractivity contribution is 5.96. The number of nitro groups is 1. The highest BCUT2D eigenvalue weighted by Crippen LogP contribution is 2.20. The van der Waals surface area contributed by atoms with Crippen LogP contribution >= 0.6 is 0 Å². The van der Waals surface area contributed by atoms with Crippen LogP contribution in [0.4, 0.5) is 11.4 Å². The Bertz CT molecular complexity index is 1400. The summed E-state index contributed by atoms with van der Waals surface area (Å²) in [6, 6.07) is 19.4. The molecule has 4 aromatic rings. The Labute approximate surface area is 187 Å². The molecule has 0 fully saturated rings. The standard InChI is InChI=1S/C24H19N3O6/c1-15(24(30)25-16-7-6-8-17(13-16)27(31)32)33-22(28)14-26-20-11-4-2-9-18(20)23(29)19-10-3-5-12-21(19)26/h2-13,15H,14H2,1H3,(H,25,30). The van der Waals surface area contributed by atoms with Crippen molar-refractivity contribution in [2.45, 2.75) is 19.6 Å². The highest BCUT2D eigenvalue weighted by Gasteiger charge is 2.20. The van der Waals surface area contributed by atoms with Crippen LogP contribution in [0.3, 0.4) is 0 Å². The average molecular weight is 445 g/mol. The third-order valence-electron chi connectivity index (χ3n) is 5.17. The van der Waals surface area contributed by atoms with Crippen molar-refractivity contribution in [3.8, 4) is 0 Å². The summed E-state index contributed by atoms with van der Waals surface area (Å²) in [7, 11) is 0. The molecular weight excluding hydrogens is 426 g/mol. The average Bonchev–Trinajstić information content (AvgIpc) is 2.82. The van der Waals surface area contributed by atoms with E-state index in [0.717, 1.165) is 0 Å². The minimum absolute atomic E-state index is 0.129. The van der Waals surface area contributed by atoms with Crippen molar-refractivity contribution in [3.63, 3.8) is 0 Å². The van der Waals surface area contributed by atoms with E-state index >= 15 is 0 Å². The number of esters is 1. The summed E-state index contributed by atoms with van der Waals surface area (Å²) in [5.41, 5.74) is 1.07. The van der Waals surface area contributed by atoms with Crippen LogP contribution in [0.2, 0.25) is 0 Å². The topological polar surface area (TPSA) is 121 Å². The van der Waals surface area contributed by atoms with Crippen LogP contribution in [0.5, 0.6) is 0 Å². The van der Waals surface area contributed by atoms with Crippen molar-refractivity contribution < 1.29 is 19.2 Å². The fraction of sp³-hybridized carbons (Fsp3) is 0.125. The zero-order valence-electron chi connectivity index (χ0n) is 17.6. The molecule has 1 atom stereocenters. The Morgan fingerprint density at radius 1 is 1.00 bits per heavy atom. The van der Waals surface area contributed by atoms with Crippen LogP contribution in [-0.4, -0.2) is 27.5 Å². The van der Waals surface area contributed by atoms with Crippen LogP contribution in [0, 0.1) is 10.1 Å². The molecule has 1 amide bonds. The van der Waals surface area contributed by atoms with E-state index in [1.54, 1.807) is 53.1 Å². The van der Waals surface area contributed by atoms with E-state index in [2.05, 4.69) is 5.32 Å². The summed E-state index contributed by atoms with van der Waals surface area (Å²) < 4.78 is 6.99. The van der Waals surface area contributed by atoms with Gasteiger partial charge < -0.3 is 14.6 Å². The maximum absolute atomic E-state index is 12.8. The first-order valence-electron chi connectivity index (χ1n) is 10.1. The van der Waals surface area contributed by atoms with Gasteiger partial charge in [0.25, 0.3) is 11.6 Å². The molecule has 4 rings (SSSR count). The maximum atomic E-state index is 12.8. The minimum Gasteiger partial charge on any atom is -0.451 e. The van der Waals surface area contributed by atoms with Crippen LogP contribution < -0.4 is 10.7 Å². The Balaban J connectivity index is 1.55. The number of amides is 1. The number of ether oxygens (including phenoxy) is 1. The molecular formula is C24H19N3O6. The van der Waals surface area contributed by atoms with Gasteiger partial charge in [-0.15, -0.1) is 0 Å². The van der Waals surface area contributed by atoms with Crippen LogP contribution in [0.1, 0.15) is 6.92 Å². The number of para-hydroxylation sites is 2. The van der Waals surface area contributed by atoms with E-state index in [9.17, 15) is 24.5 Å². The fourth-order valence-electron chi connectivity index (χ4n) is 3.61. The lowest BCUT2D eigenvalue weighted by molar-refractivity contribution is -0.384. The van der Waals surface area contributed by atoms with E-state index in [-0.39, 0.29) is 23.3 Å². The van der Waals surface area contributed by atoms with Crippen LogP contribution in [0.15, 0.2) is 77.6 Å². The van der Waals surface area contributed by atoms with Crippen molar-refractivity contribution in [2.75, 3.05) is 5.32 Å². The van der Waals surface area contributed by atoms with E-state index in [0.29, 0.717) is 21.8 Å². The van der Waals surface area contributed by atoms with Gasteiger partial charge in [-0.1, -0.05) is 30.3 Å². The van der Waals surface area contributed by atoms with Gasteiger partial charge in [0, 0.05) is 28.6 Å². The summed E-state index contributed by atoms with van der Waals surface area (Å²) in [5, 5.41) is 14.4. The fourth-order valence-corrected chi connectivity index (χ4v) is 3.61.